The van der Waals surface area contributed by atoms with Crippen molar-refractivity contribution in [2.45, 2.75) is 91.0 Å². The van der Waals surface area contributed by atoms with Gasteiger partial charge >= 0.3 is 6.03 Å². The highest BCUT2D eigenvalue weighted by molar-refractivity contribution is 6.09. The summed E-state index contributed by atoms with van der Waals surface area (Å²) in [5, 5.41) is 5.74. The molecule has 9 heteroatoms. The molecular weight excluding hydrogens is 458 g/mol. The molecule has 2 saturated heterocycles. The van der Waals surface area contributed by atoms with Crippen molar-refractivity contribution in [3.05, 3.63) is 23.9 Å². The normalized spacial score (nSPS) is 29.0. The van der Waals surface area contributed by atoms with Crippen LogP contribution in [0.25, 0.3) is 0 Å². The van der Waals surface area contributed by atoms with E-state index in [1.54, 1.807) is 6.20 Å². The van der Waals surface area contributed by atoms with Crippen LogP contribution in [0.2, 0.25) is 0 Å². The van der Waals surface area contributed by atoms with Gasteiger partial charge in [-0.1, -0.05) is 33.3 Å². The standard InChI is InChI=1S/C27H41N5O4/c1-6-26(4,5)21-9-11-27(12-10-21)24(34)32(25(35)30-27)17-23(33)29-14-20-7-8-22(28-13-20)31-15-18(2)36-19(3)16-31/h7-8,13,18-19,21H,6,9-12,14-17H2,1-5H3,(H,29,33)(H,30,35). The molecular formula is C27H41N5O4. The number of hydrogen-bond donors (Lipinski definition) is 2. The number of aromatic nitrogens is 1. The molecule has 2 N–H and O–H groups in total. The van der Waals surface area contributed by atoms with Gasteiger partial charge in [-0.2, -0.15) is 0 Å². The van der Waals surface area contributed by atoms with Crippen LogP contribution in [0.5, 0.6) is 0 Å². The topological polar surface area (TPSA) is 104 Å². The summed E-state index contributed by atoms with van der Waals surface area (Å²) >= 11 is 0. The van der Waals surface area contributed by atoms with Gasteiger partial charge in [0.05, 0.1) is 12.2 Å². The fourth-order valence-corrected chi connectivity index (χ4v) is 5.81. The monoisotopic (exact) mass is 499 g/mol. The summed E-state index contributed by atoms with van der Waals surface area (Å²) < 4.78 is 5.78. The van der Waals surface area contributed by atoms with Crippen LogP contribution < -0.4 is 15.5 Å². The second kappa shape index (κ2) is 10.4. The maximum atomic E-state index is 13.2. The average molecular weight is 500 g/mol. The highest BCUT2D eigenvalue weighted by atomic mass is 16.5. The number of ether oxygens (including phenoxy) is 1. The summed E-state index contributed by atoms with van der Waals surface area (Å²) in [6.07, 6.45) is 6.19. The van der Waals surface area contributed by atoms with Crippen LogP contribution in [-0.4, -0.2) is 65.1 Å². The highest BCUT2D eigenvalue weighted by Gasteiger charge is 2.53. The van der Waals surface area contributed by atoms with Gasteiger partial charge in [-0.25, -0.2) is 9.78 Å². The lowest BCUT2D eigenvalue weighted by Crippen LogP contribution is -2.51. The Balaban J connectivity index is 1.28. The molecule has 36 heavy (non-hydrogen) atoms. The first-order chi connectivity index (χ1) is 17.0. The summed E-state index contributed by atoms with van der Waals surface area (Å²) in [5.41, 5.74) is 0.220. The molecule has 1 spiro atoms. The van der Waals surface area contributed by atoms with E-state index in [0.717, 1.165) is 48.6 Å². The maximum Gasteiger partial charge on any atom is 0.325 e. The van der Waals surface area contributed by atoms with Crippen molar-refractivity contribution in [2.24, 2.45) is 11.3 Å². The minimum absolute atomic E-state index is 0.150. The van der Waals surface area contributed by atoms with Gasteiger partial charge in [0.15, 0.2) is 0 Å². The number of nitrogens with one attached hydrogen (secondary N) is 2. The van der Waals surface area contributed by atoms with Gasteiger partial charge in [-0.15, -0.1) is 0 Å². The van der Waals surface area contributed by atoms with Crippen molar-refractivity contribution < 1.29 is 19.1 Å². The molecule has 1 saturated carbocycles. The number of carbonyl (C=O) groups excluding carboxylic acids is 3. The van der Waals surface area contributed by atoms with E-state index in [1.807, 2.05) is 12.1 Å². The fraction of sp³-hybridized carbons (Fsp3) is 0.704. The molecule has 1 aromatic heterocycles. The van der Waals surface area contributed by atoms with E-state index in [2.05, 4.69) is 55.1 Å². The quantitative estimate of drug-likeness (QED) is 0.559. The van der Waals surface area contributed by atoms with E-state index in [9.17, 15) is 14.4 Å². The lowest BCUT2D eigenvalue weighted by Gasteiger charge is -2.42. The second-order valence-electron chi connectivity index (χ2n) is 11.5. The smallest absolute Gasteiger partial charge is 0.325 e. The Morgan fingerprint density at radius 3 is 2.44 bits per heavy atom. The number of urea groups is 1. The molecule has 2 atom stereocenters. The number of anilines is 1. The number of rotatable bonds is 7. The lowest BCUT2D eigenvalue weighted by molar-refractivity contribution is -0.136. The first-order valence-electron chi connectivity index (χ1n) is 13.3. The van der Waals surface area contributed by atoms with Crippen LogP contribution in [0.3, 0.4) is 0 Å². The van der Waals surface area contributed by atoms with Crippen molar-refractivity contribution in [2.75, 3.05) is 24.5 Å². The van der Waals surface area contributed by atoms with Crippen LogP contribution in [0.4, 0.5) is 10.6 Å². The molecule has 198 valence electrons. The molecule has 0 aromatic carbocycles. The lowest BCUT2D eigenvalue weighted by atomic mass is 9.65. The van der Waals surface area contributed by atoms with Crippen molar-refractivity contribution in [1.82, 2.24) is 20.5 Å². The van der Waals surface area contributed by atoms with E-state index in [0.29, 0.717) is 18.8 Å². The summed E-state index contributed by atoms with van der Waals surface area (Å²) in [6, 6.07) is 3.42. The minimum Gasteiger partial charge on any atom is -0.372 e. The number of morpholine rings is 1. The van der Waals surface area contributed by atoms with Crippen LogP contribution in [0.15, 0.2) is 18.3 Å². The van der Waals surface area contributed by atoms with E-state index in [1.165, 1.54) is 0 Å². The van der Waals surface area contributed by atoms with Gasteiger partial charge < -0.3 is 20.3 Å². The number of nitrogens with zero attached hydrogens (tertiary/aromatic N) is 3. The molecule has 1 aliphatic carbocycles. The second-order valence-corrected chi connectivity index (χ2v) is 11.5. The van der Waals surface area contributed by atoms with Crippen LogP contribution in [-0.2, 0) is 20.9 Å². The zero-order valence-corrected chi connectivity index (χ0v) is 22.3. The largest absolute Gasteiger partial charge is 0.372 e. The van der Waals surface area contributed by atoms with Crippen LogP contribution >= 0.6 is 0 Å². The molecule has 9 nitrogen and oxygen atoms in total. The summed E-state index contributed by atoms with van der Waals surface area (Å²) in [5.74, 6) is 0.783. The maximum absolute atomic E-state index is 13.2. The number of carbonyl (C=O) groups is 3. The third-order valence-corrected chi connectivity index (χ3v) is 8.45. The van der Waals surface area contributed by atoms with E-state index in [-0.39, 0.29) is 42.5 Å². The molecule has 4 rings (SSSR count). The van der Waals surface area contributed by atoms with Crippen molar-refractivity contribution in [3.63, 3.8) is 0 Å². The number of imide groups is 1. The summed E-state index contributed by atoms with van der Waals surface area (Å²) in [4.78, 5) is 46.3. The molecule has 0 radical (unpaired) electrons. The molecule has 2 unspecified atom stereocenters. The molecule has 3 heterocycles. The van der Waals surface area contributed by atoms with Gasteiger partial charge in [0, 0.05) is 25.8 Å². The Labute approximate surface area is 214 Å². The molecule has 2 aliphatic heterocycles. The minimum atomic E-state index is -0.855. The predicted octanol–water partition coefficient (Wildman–Crippen LogP) is 3.23. The number of hydrogen-bond acceptors (Lipinski definition) is 6. The first kappa shape index (κ1) is 26.4. The third-order valence-electron chi connectivity index (χ3n) is 8.45. The van der Waals surface area contributed by atoms with Gasteiger partial charge in [0.2, 0.25) is 5.91 Å². The zero-order valence-electron chi connectivity index (χ0n) is 22.3. The Morgan fingerprint density at radius 2 is 1.86 bits per heavy atom. The predicted molar refractivity (Wildman–Crippen MR) is 137 cm³/mol. The van der Waals surface area contributed by atoms with E-state index >= 15 is 0 Å². The Bertz CT molecular complexity index is 961. The van der Waals surface area contributed by atoms with Crippen molar-refractivity contribution in [3.8, 4) is 0 Å². The molecule has 4 amide bonds. The third kappa shape index (κ3) is 5.51. The summed E-state index contributed by atoms with van der Waals surface area (Å²) in [7, 11) is 0. The highest BCUT2D eigenvalue weighted by Crippen LogP contribution is 2.45. The fourth-order valence-electron chi connectivity index (χ4n) is 5.81. The Hall–Kier alpha value is -2.68. The molecule has 0 bridgehead atoms. The molecule has 1 aromatic rings. The van der Waals surface area contributed by atoms with Crippen LogP contribution in [0.1, 0.15) is 72.3 Å². The van der Waals surface area contributed by atoms with E-state index < -0.39 is 11.6 Å². The zero-order chi connectivity index (χ0) is 26.1. The van der Waals surface area contributed by atoms with Gasteiger partial charge in [-0.3, -0.25) is 14.5 Å². The van der Waals surface area contributed by atoms with Crippen LogP contribution in [0, 0.1) is 11.3 Å². The average Bonchev–Trinajstić information content (AvgIpc) is 3.06. The Kier molecular flexibility index (Phi) is 7.59. The summed E-state index contributed by atoms with van der Waals surface area (Å²) in [6.45, 7) is 12.4. The van der Waals surface area contributed by atoms with Crippen molar-refractivity contribution >= 4 is 23.7 Å². The first-order valence-corrected chi connectivity index (χ1v) is 13.3. The van der Waals surface area contributed by atoms with Gasteiger partial charge in [-0.05, 0) is 62.5 Å². The number of pyridine rings is 1. The van der Waals surface area contributed by atoms with Gasteiger partial charge in [0.1, 0.15) is 17.9 Å². The Morgan fingerprint density at radius 1 is 1.19 bits per heavy atom. The molecule has 3 fully saturated rings. The SMILES string of the molecule is CCC(C)(C)C1CCC2(CC1)NC(=O)N(CC(=O)NCc1ccc(N3CC(C)OC(C)C3)nc1)C2=O. The number of amides is 4. The van der Waals surface area contributed by atoms with Gasteiger partial charge in [0.25, 0.3) is 5.91 Å². The van der Waals surface area contributed by atoms with Crippen molar-refractivity contribution in [1.29, 1.82) is 0 Å². The van der Waals surface area contributed by atoms with E-state index in [4.69, 9.17) is 4.74 Å². The molecule has 3 aliphatic rings.